The molecule has 0 bridgehead atoms. The molecule has 0 aromatic rings. The molecule has 6 heteroatoms. The summed E-state index contributed by atoms with van der Waals surface area (Å²) in [5, 5.41) is 16.3. The Bertz CT molecular complexity index is 206. The van der Waals surface area contributed by atoms with Crippen LogP contribution in [0.4, 0.5) is 0 Å². The number of aliphatic hydroxyl groups excluding tert-OH is 1. The molecule has 6 nitrogen and oxygen atoms in total. The van der Waals surface area contributed by atoms with Gasteiger partial charge in [0, 0.05) is 12.2 Å². The molecule has 0 saturated carbocycles. The first-order valence-electron chi connectivity index (χ1n) is 6.79. The van der Waals surface area contributed by atoms with Gasteiger partial charge in [-0.05, 0) is 13.3 Å². The summed E-state index contributed by atoms with van der Waals surface area (Å²) in [6, 6.07) is 0. The molecule has 0 radical (unpaired) electrons. The predicted octanol–water partition coefficient (Wildman–Crippen LogP) is 1.48. The molecule has 0 atom stereocenters. The Balaban J connectivity index is 0. The van der Waals surface area contributed by atoms with Crippen LogP contribution in [-0.2, 0) is 19.0 Å². The summed E-state index contributed by atoms with van der Waals surface area (Å²) in [6.07, 6.45) is 2.27. The second-order valence-electron chi connectivity index (χ2n) is 4.00. The van der Waals surface area contributed by atoms with Crippen molar-refractivity contribution in [3.8, 4) is 0 Å². The van der Waals surface area contributed by atoms with E-state index in [1.165, 1.54) is 6.92 Å². The molecule has 0 aromatic carbocycles. The summed E-state index contributed by atoms with van der Waals surface area (Å²) in [4.78, 5) is 9.60. The van der Waals surface area contributed by atoms with Crippen molar-refractivity contribution in [2.45, 2.75) is 26.7 Å². The summed E-state index contributed by atoms with van der Waals surface area (Å²) in [5.41, 5.74) is 0.176. The Kier molecular flexibility index (Phi) is 19.3. The van der Waals surface area contributed by atoms with Gasteiger partial charge in [0.15, 0.2) is 0 Å². The van der Waals surface area contributed by atoms with E-state index in [0.29, 0.717) is 33.0 Å². The van der Waals surface area contributed by atoms with E-state index in [4.69, 9.17) is 24.4 Å². The summed E-state index contributed by atoms with van der Waals surface area (Å²) in [5.74, 6) is -0.935. The van der Waals surface area contributed by atoms with Crippen molar-refractivity contribution in [3.63, 3.8) is 0 Å². The Labute approximate surface area is 121 Å². The van der Waals surface area contributed by atoms with Gasteiger partial charge in [-0.15, -0.1) is 0 Å². The standard InChI is InChI=1S/C10H22O4.C4H6O2/c1-2-3-5-12-7-9-14-10-8-13-6-4-11;1-3(2)4(5)6/h11H,2-10H2,1H3;1H2,2H3,(H,5,6). The molecule has 20 heavy (non-hydrogen) atoms. The zero-order valence-electron chi connectivity index (χ0n) is 12.6. The van der Waals surface area contributed by atoms with Crippen LogP contribution in [0.3, 0.4) is 0 Å². The van der Waals surface area contributed by atoms with Crippen molar-refractivity contribution >= 4 is 5.97 Å². The molecule has 120 valence electrons. The van der Waals surface area contributed by atoms with Crippen molar-refractivity contribution in [2.75, 3.05) is 46.2 Å². The fraction of sp³-hybridized carbons (Fsp3) is 0.786. The number of carboxylic acids is 1. The number of hydrogen-bond acceptors (Lipinski definition) is 5. The summed E-state index contributed by atoms with van der Waals surface area (Å²) in [6.45, 7) is 10.4. The maximum Gasteiger partial charge on any atom is 0.330 e. The summed E-state index contributed by atoms with van der Waals surface area (Å²) < 4.78 is 15.5. The largest absolute Gasteiger partial charge is 0.478 e. The minimum Gasteiger partial charge on any atom is -0.478 e. The number of aliphatic carboxylic acids is 1. The molecular formula is C14H28O6. The van der Waals surface area contributed by atoms with Gasteiger partial charge in [-0.2, -0.15) is 0 Å². The van der Waals surface area contributed by atoms with Crippen molar-refractivity contribution in [2.24, 2.45) is 0 Å². The quantitative estimate of drug-likeness (QED) is 0.418. The Hall–Kier alpha value is -0.950. The second kappa shape index (κ2) is 18.0. The lowest BCUT2D eigenvalue weighted by Gasteiger charge is -2.05. The third-order valence-corrected chi connectivity index (χ3v) is 1.99. The van der Waals surface area contributed by atoms with Crippen LogP contribution in [0.25, 0.3) is 0 Å². The number of carbonyl (C=O) groups is 1. The van der Waals surface area contributed by atoms with Crippen LogP contribution >= 0.6 is 0 Å². The van der Waals surface area contributed by atoms with Crippen molar-refractivity contribution in [3.05, 3.63) is 12.2 Å². The summed E-state index contributed by atoms with van der Waals surface area (Å²) in [7, 11) is 0. The van der Waals surface area contributed by atoms with Gasteiger partial charge in [-0.3, -0.25) is 0 Å². The molecule has 0 unspecified atom stereocenters. The van der Waals surface area contributed by atoms with Crippen LogP contribution in [-0.4, -0.2) is 62.4 Å². The molecule has 0 rings (SSSR count). The van der Waals surface area contributed by atoms with Gasteiger partial charge in [0.25, 0.3) is 0 Å². The highest BCUT2D eigenvalue weighted by Crippen LogP contribution is 1.87. The van der Waals surface area contributed by atoms with Gasteiger partial charge in [-0.25, -0.2) is 4.79 Å². The highest BCUT2D eigenvalue weighted by molar-refractivity contribution is 5.84. The molecular weight excluding hydrogens is 264 g/mol. The lowest BCUT2D eigenvalue weighted by molar-refractivity contribution is -0.132. The zero-order valence-corrected chi connectivity index (χ0v) is 12.6. The van der Waals surface area contributed by atoms with Crippen LogP contribution in [0, 0.1) is 0 Å². The van der Waals surface area contributed by atoms with Crippen LogP contribution in [0.15, 0.2) is 12.2 Å². The average molecular weight is 292 g/mol. The van der Waals surface area contributed by atoms with E-state index in [9.17, 15) is 4.79 Å². The monoisotopic (exact) mass is 292 g/mol. The van der Waals surface area contributed by atoms with Gasteiger partial charge in [0.2, 0.25) is 0 Å². The van der Waals surface area contributed by atoms with Gasteiger partial charge >= 0.3 is 5.97 Å². The Morgan fingerprint density at radius 1 is 1.00 bits per heavy atom. The fourth-order valence-electron chi connectivity index (χ4n) is 0.853. The number of hydrogen-bond donors (Lipinski definition) is 2. The number of rotatable bonds is 12. The normalized spacial score (nSPS) is 9.75. The summed E-state index contributed by atoms with van der Waals surface area (Å²) >= 11 is 0. The van der Waals surface area contributed by atoms with Crippen molar-refractivity contribution < 1.29 is 29.2 Å². The maximum atomic E-state index is 9.60. The molecule has 2 N–H and O–H groups in total. The van der Waals surface area contributed by atoms with Crippen LogP contribution in [0.5, 0.6) is 0 Å². The van der Waals surface area contributed by atoms with Crippen LogP contribution in [0.1, 0.15) is 26.7 Å². The zero-order chi connectivity index (χ0) is 15.6. The first kappa shape index (κ1) is 21.4. The molecule has 0 aliphatic rings. The van der Waals surface area contributed by atoms with Gasteiger partial charge in [0.05, 0.1) is 39.6 Å². The molecule has 0 fully saturated rings. The Morgan fingerprint density at radius 2 is 1.40 bits per heavy atom. The molecule has 0 saturated heterocycles. The molecule has 0 amide bonds. The molecule has 0 aliphatic carbocycles. The fourth-order valence-corrected chi connectivity index (χ4v) is 0.853. The van der Waals surface area contributed by atoms with E-state index < -0.39 is 5.97 Å². The predicted molar refractivity (Wildman–Crippen MR) is 76.9 cm³/mol. The van der Waals surface area contributed by atoms with Crippen LogP contribution < -0.4 is 0 Å². The van der Waals surface area contributed by atoms with Crippen LogP contribution in [0.2, 0.25) is 0 Å². The maximum absolute atomic E-state index is 9.60. The molecule has 0 aliphatic heterocycles. The van der Waals surface area contributed by atoms with Gasteiger partial charge in [0.1, 0.15) is 0 Å². The first-order chi connectivity index (χ1) is 9.56. The smallest absolute Gasteiger partial charge is 0.330 e. The van der Waals surface area contributed by atoms with Crippen molar-refractivity contribution in [1.29, 1.82) is 0 Å². The minimum absolute atomic E-state index is 0.0696. The third kappa shape index (κ3) is 22.2. The first-order valence-corrected chi connectivity index (χ1v) is 6.79. The average Bonchev–Trinajstić information content (AvgIpc) is 2.41. The second-order valence-corrected chi connectivity index (χ2v) is 4.00. The van der Waals surface area contributed by atoms with E-state index in [2.05, 4.69) is 13.5 Å². The van der Waals surface area contributed by atoms with E-state index >= 15 is 0 Å². The van der Waals surface area contributed by atoms with Gasteiger partial charge in [-0.1, -0.05) is 19.9 Å². The minimum atomic E-state index is -0.935. The van der Waals surface area contributed by atoms with E-state index in [1.807, 2.05) is 0 Å². The van der Waals surface area contributed by atoms with Crippen molar-refractivity contribution in [1.82, 2.24) is 0 Å². The van der Waals surface area contributed by atoms with Gasteiger partial charge < -0.3 is 24.4 Å². The molecule has 0 spiro atoms. The number of ether oxygens (including phenoxy) is 3. The molecule has 0 aromatic heterocycles. The lowest BCUT2D eigenvalue weighted by atomic mass is 10.4. The Morgan fingerprint density at radius 3 is 1.75 bits per heavy atom. The molecule has 0 heterocycles. The lowest BCUT2D eigenvalue weighted by Crippen LogP contribution is -2.11. The highest BCUT2D eigenvalue weighted by atomic mass is 16.5. The number of unbranched alkanes of at least 4 members (excludes halogenated alkanes) is 1. The van der Waals surface area contributed by atoms with E-state index in [0.717, 1.165) is 19.4 Å². The number of carboxylic acid groups (broad SMARTS) is 1. The SMILES string of the molecule is C=C(C)C(=O)O.CCCCOCCOCCOCCO. The van der Waals surface area contributed by atoms with E-state index in [1.54, 1.807) is 0 Å². The van der Waals surface area contributed by atoms with E-state index in [-0.39, 0.29) is 12.2 Å². The third-order valence-electron chi connectivity index (χ3n) is 1.99. The number of aliphatic hydroxyl groups is 1. The topological polar surface area (TPSA) is 85.2 Å². The highest BCUT2D eigenvalue weighted by Gasteiger charge is 1.91.